The van der Waals surface area contributed by atoms with Gasteiger partial charge >= 0.3 is 0 Å². The Morgan fingerprint density at radius 2 is 2.03 bits per heavy atom. The quantitative estimate of drug-likeness (QED) is 0.571. The van der Waals surface area contributed by atoms with Gasteiger partial charge in [-0.15, -0.1) is 0 Å². The highest BCUT2D eigenvalue weighted by molar-refractivity contribution is 5.97. The average molecular weight is 411 g/mol. The maximum absolute atomic E-state index is 12.4. The zero-order chi connectivity index (χ0) is 20.9. The first-order valence-electron chi connectivity index (χ1n) is 9.91. The molecule has 0 bridgehead atoms. The number of para-hydroxylation sites is 1. The van der Waals surface area contributed by atoms with Crippen LogP contribution in [0.3, 0.4) is 0 Å². The van der Waals surface area contributed by atoms with Crippen LogP contribution < -0.4 is 20.3 Å². The van der Waals surface area contributed by atoms with Gasteiger partial charge in [0.1, 0.15) is 17.5 Å². The number of aryl methyl sites for hydroxylation is 1. The second kappa shape index (κ2) is 9.00. The molecule has 3 aromatic rings. The van der Waals surface area contributed by atoms with Crippen LogP contribution in [-0.2, 0) is 4.74 Å². The van der Waals surface area contributed by atoms with Gasteiger partial charge in [0.25, 0.3) is 5.91 Å². The second-order valence-corrected chi connectivity index (χ2v) is 6.93. The van der Waals surface area contributed by atoms with Crippen molar-refractivity contribution >= 4 is 28.5 Å². The lowest BCUT2D eigenvalue weighted by Crippen LogP contribution is -2.37. The summed E-state index contributed by atoms with van der Waals surface area (Å²) in [4.78, 5) is 23.5. The summed E-state index contributed by atoms with van der Waals surface area (Å²) >= 11 is 0. The number of methoxy groups -OCH3 is 1. The summed E-state index contributed by atoms with van der Waals surface area (Å²) < 4.78 is 16.3. The van der Waals surface area contributed by atoms with Crippen LogP contribution in [0.25, 0.3) is 11.0 Å². The fourth-order valence-electron chi connectivity index (χ4n) is 3.36. The fourth-order valence-corrected chi connectivity index (χ4v) is 3.36. The number of aromatic nitrogens is 2. The third-order valence-corrected chi connectivity index (χ3v) is 4.83. The van der Waals surface area contributed by atoms with Crippen LogP contribution in [0.5, 0.6) is 5.75 Å². The van der Waals surface area contributed by atoms with E-state index in [2.05, 4.69) is 25.5 Å². The molecule has 2 N–H and O–H groups in total. The number of nitrogens with one attached hydrogen (secondary N) is 2. The molecule has 9 nitrogen and oxygen atoms in total. The van der Waals surface area contributed by atoms with Gasteiger partial charge < -0.3 is 29.4 Å². The van der Waals surface area contributed by atoms with Gasteiger partial charge in [-0.1, -0.05) is 12.1 Å². The maximum atomic E-state index is 12.4. The molecule has 0 unspecified atom stereocenters. The van der Waals surface area contributed by atoms with Crippen LogP contribution in [0.15, 0.2) is 34.7 Å². The number of hydrogen-bond donors (Lipinski definition) is 2. The zero-order valence-corrected chi connectivity index (χ0v) is 17.1. The minimum atomic E-state index is -0.275. The number of amides is 1. The fraction of sp³-hybridized carbons (Fsp3) is 0.381. The summed E-state index contributed by atoms with van der Waals surface area (Å²) in [7, 11) is 1.57. The summed E-state index contributed by atoms with van der Waals surface area (Å²) in [5.74, 6) is 2.88. The summed E-state index contributed by atoms with van der Waals surface area (Å²) in [6.45, 7) is 5.84. The SMILES string of the molecule is COc1cccc2cc(C(=O)NCCNc3cc(N4CCOCC4)nc(C)n3)oc12. The van der Waals surface area contributed by atoms with E-state index in [0.717, 1.165) is 30.1 Å². The van der Waals surface area contributed by atoms with E-state index in [1.807, 2.05) is 25.1 Å². The largest absolute Gasteiger partial charge is 0.493 e. The third kappa shape index (κ3) is 4.46. The number of benzene rings is 1. The number of ether oxygens (including phenoxy) is 2. The van der Waals surface area contributed by atoms with Gasteiger partial charge in [0.2, 0.25) is 0 Å². The number of fused-ring (bicyclic) bond motifs is 1. The lowest BCUT2D eigenvalue weighted by atomic mass is 10.2. The highest BCUT2D eigenvalue weighted by Crippen LogP contribution is 2.28. The average Bonchev–Trinajstić information content (AvgIpc) is 3.21. The molecule has 3 heterocycles. The van der Waals surface area contributed by atoms with E-state index in [9.17, 15) is 4.79 Å². The van der Waals surface area contributed by atoms with Crippen molar-refractivity contribution in [3.63, 3.8) is 0 Å². The van der Waals surface area contributed by atoms with Crippen molar-refractivity contribution in [3.8, 4) is 5.75 Å². The number of carbonyl (C=O) groups excluding carboxylic acids is 1. The molecule has 1 aliphatic rings. The normalized spacial score (nSPS) is 14.0. The molecule has 9 heteroatoms. The van der Waals surface area contributed by atoms with Crippen molar-refractivity contribution in [1.82, 2.24) is 15.3 Å². The van der Waals surface area contributed by atoms with E-state index in [4.69, 9.17) is 13.9 Å². The molecule has 1 saturated heterocycles. The molecule has 0 radical (unpaired) electrons. The van der Waals surface area contributed by atoms with Crippen molar-refractivity contribution < 1.29 is 18.7 Å². The van der Waals surface area contributed by atoms with Crippen LogP contribution >= 0.6 is 0 Å². The minimum Gasteiger partial charge on any atom is -0.493 e. The van der Waals surface area contributed by atoms with E-state index in [-0.39, 0.29) is 11.7 Å². The van der Waals surface area contributed by atoms with Crippen molar-refractivity contribution in [2.75, 3.05) is 56.7 Å². The predicted octanol–water partition coefficient (Wildman–Crippen LogP) is 2.22. The predicted molar refractivity (Wildman–Crippen MR) is 113 cm³/mol. The Bertz CT molecular complexity index is 1030. The Morgan fingerprint density at radius 3 is 2.83 bits per heavy atom. The highest BCUT2D eigenvalue weighted by atomic mass is 16.5. The van der Waals surface area contributed by atoms with E-state index in [0.29, 0.717) is 43.5 Å². The molecule has 1 aliphatic heterocycles. The molecular weight excluding hydrogens is 386 g/mol. The monoisotopic (exact) mass is 411 g/mol. The minimum absolute atomic E-state index is 0.252. The van der Waals surface area contributed by atoms with Crippen molar-refractivity contribution in [2.45, 2.75) is 6.92 Å². The Morgan fingerprint density at radius 1 is 1.20 bits per heavy atom. The molecule has 1 aromatic carbocycles. The molecular formula is C21H25N5O4. The molecule has 158 valence electrons. The Labute approximate surface area is 174 Å². The Hall–Kier alpha value is -3.33. The van der Waals surface area contributed by atoms with Crippen molar-refractivity contribution in [2.24, 2.45) is 0 Å². The van der Waals surface area contributed by atoms with Gasteiger partial charge in [0.05, 0.1) is 20.3 Å². The number of nitrogens with zero attached hydrogens (tertiary/aromatic N) is 3. The number of hydrogen-bond acceptors (Lipinski definition) is 8. The number of morpholine rings is 1. The first-order valence-corrected chi connectivity index (χ1v) is 9.91. The van der Waals surface area contributed by atoms with Crippen molar-refractivity contribution in [3.05, 3.63) is 41.9 Å². The van der Waals surface area contributed by atoms with Gasteiger partial charge in [0.15, 0.2) is 17.1 Å². The van der Waals surface area contributed by atoms with Gasteiger partial charge in [-0.25, -0.2) is 9.97 Å². The molecule has 1 fully saturated rings. The summed E-state index contributed by atoms with van der Waals surface area (Å²) in [6.07, 6.45) is 0. The third-order valence-electron chi connectivity index (χ3n) is 4.83. The smallest absolute Gasteiger partial charge is 0.287 e. The van der Waals surface area contributed by atoms with E-state index < -0.39 is 0 Å². The molecule has 1 amide bonds. The summed E-state index contributed by atoms with van der Waals surface area (Å²) in [6, 6.07) is 9.17. The molecule has 0 atom stereocenters. The molecule has 0 aliphatic carbocycles. The van der Waals surface area contributed by atoms with Gasteiger partial charge in [-0.05, 0) is 19.1 Å². The second-order valence-electron chi connectivity index (χ2n) is 6.93. The van der Waals surface area contributed by atoms with Crippen LogP contribution in [0.1, 0.15) is 16.4 Å². The van der Waals surface area contributed by atoms with Crippen LogP contribution in [-0.4, -0.2) is 62.4 Å². The zero-order valence-electron chi connectivity index (χ0n) is 17.1. The molecule has 0 saturated carbocycles. The van der Waals surface area contributed by atoms with Crippen LogP contribution in [0.2, 0.25) is 0 Å². The number of anilines is 2. The number of furan rings is 1. The van der Waals surface area contributed by atoms with Gasteiger partial charge in [0, 0.05) is 37.6 Å². The summed E-state index contributed by atoms with van der Waals surface area (Å²) in [5, 5.41) is 6.92. The van der Waals surface area contributed by atoms with Crippen molar-refractivity contribution in [1.29, 1.82) is 0 Å². The van der Waals surface area contributed by atoms with E-state index in [1.54, 1.807) is 19.2 Å². The maximum Gasteiger partial charge on any atom is 0.287 e. The first kappa shape index (κ1) is 20.0. The van der Waals surface area contributed by atoms with E-state index >= 15 is 0 Å². The number of rotatable bonds is 7. The molecule has 4 rings (SSSR count). The summed E-state index contributed by atoms with van der Waals surface area (Å²) in [5.41, 5.74) is 0.565. The van der Waals surface area contributed by atoms with E-state index in [1.165, 1.54) is 0 Å². The Balaban J connectivity index is 1.33. The van der Waals surface area contributed by atoms with Crippen LogP contribution in [0.4, 0.5) is 11.6 Å². The highest BCUT2D eigenvalue weighted by Gasteiger charge is 2.15. The molecule has 2 aromatic heterocycles. The first-order chi connectivity index (χ1) is 14.6. The van der Waals surface area contributed by atoms with Crippen LogP contribution in [0, 0.1) is 6.92 Å². The van der Waals surface area contributed by atoms with Gasteiger partial charge in [-0.2, -0.15) is 0 Å². The van der Waals surface area contributed by atoms with Gasteiger partial charge in [-0.3, -0.25) is 4.79 Å². The lowest BCUT2D eigenvalue weighted by Gasteiger charge is -2.28. The standard InChI is InChI=1S/C21H25N5O4/c1-14-24-18(13-19(25-14)26-8-10-29-11-9-26)22-6-7-23-21(27)17-12-15-4-3-5-16(28-2)20(15)30-17/h3-5,12-13H,6-11H2,1-2H3,(H,23,27)(H,22,24,25). The molecule has 30 heavy (non-hydrogen) atoms. The lowest BCUT2D eigenvalue weighted by molar-refractivity contribution is 0.0929. The number of carbonyl (C=O) groups is 1. The molecule has 0 spiro atoms. The Kier molecular flexibility index (Phi) is 5.99. The topological polar surface area (TPSA) is 102 Å².